The lowest BCUT2D eigenvalue weighted by Gasteiger charge is -2.11. The number of rotatable bonds is 8. The minimum atomic E-state index is 0.458. The average molecular weight is 397 g/mol. The van der Waals surface area contributed by atoms with Crippen molar-refractivity contribution in [1.82, 2.24) is 25.4 Å². The highest BCUT2D eigenvalue weighted by Gasteiger charge is 2.06. The summed E-state index contributed by atoms with van der Waals surface area (Å²) in [6, 6.07) is 10.4. The maximum Gasteiger partial charge on any atom is 0.191 e. The summed E-state index contributed by atoms with van der Waals surface area (Å²) in [7, 11) is 0. The number of benzene rings is 1. The van der Waals surface area contributed by atoms with Crippen LogP contribution in [0.1, 0.15) is 43.0 Å². The van der Waals surface area contributed by atoms with Gasteiger partial charge in [-0.1, -0.05) is 26.0 Å². The molecule has 3 aromatic rings. The van der Waals surface area contributed by atoms with Crippen LogP contribution in [0.25, 0.3) is 5.69 Å². The molecule has 2 heterocycles. The van der Waals surface area contributed by atoms with Gasteiger partial charge in [-0.3, -0.25) is 0 Å². The summed E-state index contributed by atoms with van der Waals surface area (Å²) in [6.45, 7) is 8.66. The highest BCUT2D eigenvalue weighted by molar-refractivity contribution is 7.09. The van der Waals surface area contributed by atoms with Gasteiger partial charge in [-0.2, -0.15) is 5.10 Å². The molecule has 3 rings (SSSR count). The first-order valence-corrected chi connectivity index (χ1v) is 10.6. The summed E-state index contributed by atoms with van der Waals surface area (Å²) < 4.78 is 1.86. The van der Waals surface area contributed by atoms with Gasteiger partial charge in [0.15, 0.2) is 5.96 Å². The summed E-state index contributed by atoms with van der Waals surface area (Å²) in [5.74, 6) is 1.29. The summed E-state index contributed by atoms with van der Waals surface area (Å²) in [4.78, 5) is 9.31. The third kappa shape index (κ3) is 5.66. The van der Waals surface area contributed by atoms with Crippen LogP contribution in [0.2, 0.25) is 0 Å². The van der Waals surface area contributed by atoms with Gasteiger partial charge < -0.3 is 10.6 Å². The number of guanidine groups is 1. The van der Waals surface area contributed by atoms with Gasteiger partial charge in [0, 0.05) is 30.9 Å². The molecule has 28 heavy (non-hydrogen) atoms. The molecule has 2 aromatic heterocycles. The third-order valence-corrected chi connectivity index (χ3v) is 5.14. The number of nitrogens with one attached hydrogen (secondary N) is 2. The maximum absolute atomic E-state index is 4.67. The Morgan fingerprint density at radius 2 is 2.04 bits per heavy atom. The fourth-order valence-electron chi connectivity index (χ4n) is 2.71. The van der Waals surface area contributed by atoms with Crippen LogP contribution < -0.4 is 10.6 Å². The van der Waals surface area contributed by atoms with Gasteiger partial charge in [0.1, 0.15) is 5.01 Å². The molecule has 0 unspecified atom stereocenters. The van der Waals surface area contributed by atoms with Crippen molar-refractivity contribution in [3.8, 4) is 5.69 Å². The van der Waals surface area contributed by atoms with Crippen molar-refractivity contribution < 1.29 is 0 Å². The summed E-state index contributed by atoms with van der Waals surface area (Å²) >= 11 is 1.68. The van der Waals surface area contributed by atoms with Crippen LogP contribution in [0.15, 0.2) is 53.1 Å². The summed E-state index contributed by atoms with van der Waals surface area (Å²) in [5, 5.41) is 14.1. The number of hydrogen-bond donors (Lipinski definition) is 2. The second-order valence-corrected chi connectivity index (χ2v) is 7.75. The standard InChI is InChI=1S/C21H28N6S/c1-4-22-21(24-14-20-26-19(15-28-20)16(2)3)23-12-10-17-6-8-18(9-7-17)27-13-5-11-25-27/h5-9,11,13,15-16H,4,10,12,14H2,1-3H3,(H2,22,23,24). The fourth-order valence-corrected chi connectivity index (χ4v) is 3.59. The quantitative estimate of drug-likeness (QED) is 0.449. The van der Waals surface area contributed by atoms with Crippen LogP contribution in [-0.2, 0) is 13.0 Å². The molecule has 7 heteroatoms. The lowest BCUT2D eigenvalue weighted by molar-refractivity contribution is 0.793. The van der Waals surface area contributed by atoms with E-state index in [0.29, 0.717) is 12.5 Å². The molecule has 2 N–H and O–H groups in total. The van der Waals surface area contributed by atoms with E-state index in [1.54, 1.807) is 17.5 Å². The van der Waals surface area contributed by atoms with Crippen molar-refractivity contribution >= 4 is 17.3 Å². The van der Waals surface area contributed by atoms with Crippen LogP contribution in [0.3, 0.4) is 0 Å². The minimum absolute atomic E-state index is 0.458. The number of thiazole rings is 1. The zero-order valence-electron chi connectivity index (χ0n) is 16.7. The molecule has 0 saturated carbocycles. The monoisotopic (exact) mass is 396 g/mol. The molecular weight excluding hydrogens is 368 g/mol. The number of hydrogen-bond acceptors (Lipinski definition) is 4. The maximum atomic E-state index is 4.67. The zero-order chi connectivity index (χ0) is 19.8. The van der Waals surface area contributed by atoms with E-state index >= 15 is 0 Å². The van der Waals surface area contributed by atoms with Crippen molar-refractivity contribution in [3.63, 3.8) is 0 Å². The Morgan fingerprint density at radius 3 is 2.68 bits per heavy atom. The first-order chi connectivity index (χ1) is 13.7. The van der Waals surface area contributed by atoms with Crippen LogP contribution in [0.4, 0.5) is 0 Å². The Kier molecular flexibility index (Phi) is 7.19. The van der Waals surface area contributed by atoms with Crippen molar-refractivity contribution in [2.45, 2.75) is 39.7 Å². The molecule has 6 nitrogen and oxygen atoms in total. The highest BCUT2D eigenvalue weighted by Crippen LogP contribution is 2.18. The van der Waals surface area contributed by atoms with Crippen LogP contribution in [-0.4, -0.2) is 33.8 Å². The Bertz CT molecular complexity index is 865. The van der Waals surface area contributed by atoms with Gasteiger partial charge in [0.25, 0.3) is 0 Å². The molecule has 1 aromatic carbocycles. The molecule has 0 fully saturated rings. The van der Waals surface area contributed by atoms with Crippen molar-refractivity contribution in [3.05, 3.63) is 64.4 Å². The van der Waals surface area contributed by atoms with E-state index in [0.717, 1.165) is 41.9 Å². The fraction of sp³-hybridized carbons (Fsp3) is 0.381. The molecule has 0 aliphatic rings. The van der Waals surface area contributed by atoms with Crippen LogP contribution in [0.5, 0.6) is 0 Å². The lowest BCUT2D eigenvalue weighted by atomic mass is 10.1. The van der Waals surface area contributed by atoms with Gasteiger partial charge in [0.2, 0.25) is 0 Å². The zero-order valence-corrected chi connectivity index (χ0v) is 17.5. The third-order valence-electron chi connectivity index (χ3n) is 4.29. The Balaban J connectivity index is 1.51. The number of aliphatic imine (C=N–C) groups is 1. The average Bonchev–Trinajstić information content (AvgIpc) is 3.39. The van der Waals surface area contributed by atoms with E-state index in [1.165, 1.54) is 5.56 Å². The van der Waals surface area contributed by atoms with Gasteiger partial charge in [-0.05, 0) is 43.0 Å². The van der Waals surface area contributed by atoms with Crippen molar-refractivity contribution in [1.29, 1.82) is 0 Å². The number of aromatic nitrogens is 3. The second kappa shape index (κ2) is 10.0. The first kappa shape index (κ1) is 20.1. The smallest absolute Gasteiger partial charge is 0.191 e. The highest BCUT2D eigenvalue weighted by atomic mass is 32.1. The first-order valence-electron chi connectivity index (χ1n) is 9.71. The molecule has 148 valence electrons. The van der Waals surface area contributed by atoms with E-state index in [-0.39, 0.29) is 0 Å². The molecule has 0 aliphatic heterocycles. The summed E-state index contributed by atoms with van der Waals surface area (Å²) in [5.41, 5.74) is 3.49. The lowest BCUT2D eigenvalue weighted by Crippen LogP contribution is -2.38. The summed E-state index contributed by atoms with van der Waals surface area (Å²) in [6.07, 6.45) is 4.66. The molecule has 0 atom stereocenters. The van der Waals surface area contributed by atoms with Crippen molar-refractivity contribution in [2.75, 3.05) is 13.1 Å². The van der Waals surface area contributed by atoms with E-state index in [9.17, 15) is 0 Å². The van der Waals surface area contributed by atoms with Gasteiger partial charge in [0.05, 0.1) is 17.9 Å². The Hall–Kier alpha value is -2.67. The van der Waals surface area contributed by atoms with E-state index < -0.39 is 0 Å². The Labute approximate surface area is 170 Å². The molecule has 0 amide bonds. The van der Waals surface area contributed by atoms with Crippen molar-refractivity contribution in [2.24, 2.45) is 4.99 Å². The molecule has 0 bridgehead atoms. The molecule has 0 radical (unpaired) electrons. The largest absolute Gasteiger partial charge is 0.357 e. The minimum Gasteiger partial charge on any atom is -0.357 e. The molecule has 0 saturated heterocycles. The van der Waals surface area contributed by atoms with Crippen LogP contribution >= 0.6 is 11.3 Å². The van der Waals surface area contributed by atoms with E-state index in [1.807, 2.05) is 16.9 Å². The van der Waals surface area contributed by atoms with Crippen LogP contribution in [0, 0.1) is 0 Å². The van der Waals surface area contributed by atoms with Gasteiger partial charge >= 0.3 is 0 Å². The number of nitrogens with zero attached hydrogens (tertiary/aromatic N) is 4. The molecule has 0 aliphatic carbocycles. The van der Waals surface area contributed by atoms with E-state index in [2.05, 4.69) is 76.1 Å². The second-order valence-electron chi connectivity index (χ2n) is 6.81. The topological polar surface area (TPSA) is 67.1 Å². The Morgan fingerprint density at radius 1 is 1.21 bits per heavy atom. The normalized spacial score (nSPS) is 11.8. The van der Waals surface area contributed by atoms with Gasteiger partial charge in [-0.15, -0.1) is 11.3 Å². The molecule has 0 spiro atoms. The SMILES string of the molecule is CCNC(=NCc1nc(C(C)C)cs1)NCCc1ccc(-n2cccn2)cc1. The predicted octanol–water partition coefficient (Wildman–Crippen LogP) is 3.75. The predicted molar refractivity (Wildman–Crippen MR) is 116 cm³/mol. The van der Waals surface area contributed by atoms with E-state index in [4.69, 9.17) is 0 Å². The van der Waals surface area contributed by atoms with Gasteiger partial charge in [-0.25, -0.2) is 14.7 Å². The molecular formula is C21H28N6S.